The fourth-order valence-electron chi connectivity index (χ4n) is 7.34. The Morgan fingerprint density at radius 3 is 1.77 bits per heavy atom. The van der Waals surface area contributed by atoms with E-state index in [1.807, 2.05) is 26.8 Å². The van der Waals surface area contributed by atoms with Gasteiger partial charge >= 0.3 is 182 Å². The Morgan fingerprint density at radius 2 is 1.21 bits per heavy atom. The van der Waals surface area contributed by atoms with E-state index in [-0.39, 0.29) is 44.6 Å². The third-order valence-corrected chi connectivity index (χ3v) is 11.5. The van der Waals surface area contributed by atoms with Crippen LogP contribution in [0.4, 0.5) is 0 Å². The standard InChI is InChI=1S/C41H44IN4O2/c1-23-13-20-33(43-23)38(29-11-9-8-10-12-29)41-25(3)37(27(5)45-41)35(48)22-19-32-18-21-34(46-32)39(30-14-16-31(42-7)17-15-30)40-24(2)36(28(6)47)26(4)44-40/h8-18,20-21,38-39,43-46H,19,22H2,1-7H3/q-1. The Hall–Kier alpha value is -4.37. The molecule has 6 rings (SSSR count). The molecule has 0 aliphatic carbocycles. The fourth-order valence-corrected chi connectivity index (χ4v) is 8.42. The molecule has 0 bridgehead atoms. The number of aromatic nitrogens is 4. The number of carbonyl (C=O) groups excluding carboxylic acids is 2. The predicted octanol–water partition coefficient (Wildman–Crippen LogP) is 5.81. The number of hydrogen-bond acceptors (Lipinski definition) is 2. The molecule has 0 radical (unpaired) electrons. The second kappa shape index (κ2) is 14.0. The number of benzene rings is 2. The van der Waals surface area contributed by atoms with Gasteiger partial charge in [0.25, 0.3) is 0 Å². The van der Waals surface area contributed by atoms with Crippen LogP contribution >= 0.6 is 0 Å². The van der Waals surface area contributed by atoms with Crippen molar-refractivity contribution in [3.8, 4) is 0 Å². The van der Waals surface area contributed by atoms with Gasteiger partial charge in [-0.3, -0.25) is 0 Å². The maximum absolute atomic E-state index is 13.9. The number of alkyl halides is 1. The first kappa shape index (κ1) is 33.5. The van der Waals surface area contributed by atoms with Crippen molar-refractivity contribution in [3.63, 3.8) is 0 Å². The molecule has 248 valence electrons. The van der Waals surface area contributed by atoms with Gasteiger partial charge < -0.3 is 9.97 Å². The van der Waals surface area contributed by atoms with Gasteiger partial charge in [0.2, 0.25) is 0 Å². The van der Waals surface area contributed by atoms with Gasteiger partial charge in [-0.05, 0) is 44.0 Å². The van der Waals surface area contributed by atoms with Crippen LogP contribution in [0, 0.1) is 38.2 Å². The van der Waals surface area contributed by atoms with Crippen LogP contribution in [0.3, 0.4) is 0 Å². The summed E-state index contributed by atoms with van der Waals surface area (Å²) >= 11 is -0.00408. The summed E-state index contributed by atoms with van der Waals surface area (Å²) in [6, 6.07) is 27.8. The number of carbonyl (C=O) groups is 2. The average Bonchev–Trinajstić information content (AvgIpc) is 3.84. The Balaban J connectivity index is 1.27. The molecule has 6 nitrogen and oxygen atoms in total. The van der Waals surface area contributed by atoms with Crippen molar-refractivity contribution >= 4 is 11.6 Å². The molecular formula is C41H44IN4O2-. The minimum atomic E-state index is -0.0892. The molecule has 2 unspecified atom stereocenters. The Labute approximate surface area is 293 Å². The number of halogens is 1. The van der Waals surface area contributed by atoms with E-state index < -0.39 is 0 Å². The number of aryl methyl sites for hydroxylation is 4. The molecule has 0 aliphatic rings. The molecule has 0 fully saturated rings. The van der Waals surface area contributed by atoms with E-state index >= 15 is 0 Å². The molecule has 0 amide bonds. The summed E-state index contributed by atoms with van der Waals surface area (Å²) in [5.74, 6) is 0.0863. The van der Waals surface area contributed by atoms with Gasteiger partial charge in [0.05, 0.1) is 5.92 Å². The molecule has 4 heterocycles. The normalized spacial score (nSPS) is 12.8. The van der Waals surface area contributed by atoms with E-state index in [0.29, 0.717) is 12.8 Å². The van der Waals surface area contributed by atoms with Crippen LogP contribution < -0.4 is 21.2 Å². The SMILES string of the molecule is C[I-]c1ccc(C(c2ccc(CCC(=O)c3c(C)[nH]c(C(c4ccccc4)c4ccc(C)[nH]4)c3C)[nH]2)c2[nH]c(C)c(C(C)=O)c2C)cc1. The third kappa shape index (κ3) is 6.52. The van der Waals surface area contributed by atoms with Crippen molar-refractivity contribution in [2.75, 3.05) is 4.93 Å². The van der Waals surface area contributed by atoms with Crippen molar-refractivity contribution in [1.82, 2.24) is 19.9 Å². The second-order valence-corrected chi connectivity index (χ2v) is 15.2. The van der Waals surface area contributed by atoms with Crippen LogP contribution in [0.1, 0.15) is 114 Å². The first-order valence-electron chi connectivity index (χ1n) is 16.5. The molecule has 6 aromatic rings. The number of rotatable bonds is 12. The molecule has 4 N–H and O–H groups in total. The number of Topliss-reactive ketones (excluding diaryl/α,β-unsaturated/α-hetero) is 2. The molecule has 7 heteroatoms. The van der Waals surface area contributed by atoms with Crippen LogP contribution in [-0.2, 0) is 6.42 Å². The summed E-state index contributed by atoms with van der Waals surface area (Å²) in [5.41, 5.74) is 14.0. The first-order chi connectivity index (χ1) is 23.1. The van der Waals surface area contributed by atoms with E-state index in [1.165, 1.54) is 9.13 Å². The number of nitrogens with one attached hydrogen (secondary N) is 4. The summed E-state index contributed by atoms with van der Waals surface area (Å²) in [4.78, 5) is 43.0. The second-order valence-electron chi connectivity index (χ2n) is 12.9. The van der Waals surface area contributed by atoms with Gasteiger partial charge in [0, 0.05) is 22.8 Å². The molecule has 4 aromatic heterocycles. The zero-order valence-electron chi connectivity index (χ0n) is 28.8. The van der Waals surface area contributed by atoms with Crippen molar-refractivity contribution in [1.29, 1.82) is 0 Å². The summed E-state index contributed by atoms with van der Waals surface area (Å²) in [6.07, 6.45) is 0.995. The van der Waals surface area contributed by atoms with E-state index in [9.17, 15) is 9.59 Å². The zero-order chi connectivity index (χ0) is 34.1. The van der Waals surface area contributed by atoms with Crippen molar-refractivity contribution in [2.45, 2.75) is 66.2 Å². The molecular weight excluding hydrogens is 707 g/mol. The fraction of sp³-hybridized carbons (Fsp3) is 0.268. The molecule has 0 aliphatic heterocycles. The van der Waals surface area contributed by atoms with Crippen molar-refractivity contribution in [3.05, 3.63) is 161 Å². The average molecular weight is 752 g/mol. The van der Waals surface area contributed by atoms with Crippen LogP contribution in [-0.4, -0.2) is 36.4 Å². The van der Waals surface area contributed by atoms with Crippen LogP contribution in [0.5, 0.6) is 0 Å². The van der Waals surface area contributed by atoms with Crippen molar-refractivity contribution < 1.29 is 30.8 Å². The topological polar surface area (TPSA) is 97.3 Å². The van der Waals surface area contributed by atoms with Gasteiger partial charge in [-0.15, -0.1) is 0 Å². The van der Waals surface area contributed by atoms with Crippen LogP contribution in [0.2, 0.25) is 0 Å². The molecule has 0 saturated heterocycles. The number of hydrogen-bond donors (Lipinski definition) is 4. The van der Waals surface area contributed by atoms with Gasteiger partial charge in [0.1, 0.15) is 0 Å². The maximum atomic E-state index is 13.9. The first-order valence-corrected chi connectivity index (χ1v) is 19.7. The summed E-state index contributed by atoms with van der Waals surface area (Å²) in [6.45, 7) is 11.8. The van der Waals surface area contributed by atoms with E-state index in [1.54, 1.807) is 6.92 Å². The Kier molecular flexibility index (Phi) is 9.78. The van der Waals surface area contributed by atoms with Gasteiger partial charge in [-0.1, -0.05) is 30.3 Å². The summed E-state index contributed by atoms with van der Waals surface area (Å²) < 4.78 is 1.39. The monoisotopic (exact) mass is 751 g/mol. The molecule has 48 heavy (non-hydrogen) atoms. The van der Waals surface area contributed by atoms with E-state index in [0.717, 1.165) is 73.4 Å². The zero-order valence-corrected chi connectivity index (χ0v) is 30.9. The summed E-state index contributed by atoms with van der Waals surface area (Å²) in [5, 5.41) is 0. The molecule has 0 saturated carbocycles. The van der Waals surface area contributed by atoms with Gasteiger partial charge in [-0.25, -0.2) is 0 Å². The van der Waals surface area contributed by atoms with Crippen LogP contribution in [0.25, 0.3) is 0 Å². The third-order valence-electron chi connectivity index (χ3n) is 9.58. The number of H-pyrrole nitrogens is 4. The van der Waals surface area contributed by atoms with Gasteiger partial charge in [-0.2, -0.15) is 0 Å². The number of ketones is 2. The summed E-state index contributed by atoms with van der Waals surface area (Å²) in [7, 11) is 0. The van der Waals surface area contributed by atoms with E-state index in [4.69, 9.17) is 0 Å². The number of aromatic amines is 4. The quantitative estimate of drug-likeness (QED) is 0.0723. The molecule has 2 aromatic carbocycles. The van der Waals surface area contributed by atoms with Gasteiger partial charge in [0.15, 0.2) is 0 Å². The van der Waals surface area contributed by atoms with Crippen LogP contribution in [0.15, 0.2) is 78.9 Å². The molecule has 2 atom stereocenters. The molecule has 0 spiro atoms. The Morgan fingerprint density at radius 1 is 0.646 bits per heavy atom. The predicted molar refractivity (Wildman–Crippen MR) is 189 cm³/mol. The Bertz CT molecular complexity index is 2070. The van der Waals surface area contributed by atoms with Crippen molar-refractivity contribution in [2.24, 2.45) is 0 Å². The van der Waals surface area contributed by atoms with E-state index in [2.05, 4.69) is 112 Å². The minimum absolute atomic E-state index is 0.00408.